The third kappa shape index (κ3) is 4.20. The second-order valence-corrected chi connectivity index (χ2v) is 5.58. The monoisotopic (exact) mass is 339 g/mol. The molecule has 7 nitrogen and oxygen atoms in total. The molecule has 0 aromatic heterocycles. The highest BCUT2D eigenvalue weighted by Gasteiger charge is 2.17. The number of nitrogens with one attached hydrogen (secondary N) is 1. The van der Waals surface area contributed by atoms with E-state index in [4.69, 9.17) is 26.4 Å². The summed E-state index contributed by atoms with van der Waals surface area (Å²) in [5.74, 6) is 1.19. The van der Waals surface area contributed by atoms with E-state index >= 15 is 0 Å². The Morgan fingerprint density at radius 1 is 1.04 bits per heavy atom. The van der Waals surface area contributed by atoms with E-state index in [1.165, 1.54) is 5.56 Å². The van der Waals surface area contributed by atoms with Crippen molar-refractivity contribution in [1.29, 1.82) is 5.41 Å². The first kappa shape index (κ1) is 16.6. The average Bonchev–Trinajstić information content (AvgIpc) is 2.62. The normalized spacial score (nSPS) is 12.3. The van der Waals surface area contributed by atoms with Crippen LogP contribution in [-0.2, 0) is 6.42 Å². The summed E-state index contributed by atoms with van der Waals surface area (Å²) in [5.41, 5.74) is 12.8. The summed E-state index contributed by atoms with van der Waals surface area (Å²) in [6.45, 7) is 1.60. The van der Waals surface area contributed by atoms with Crippen molar-refractivity contribution in [1.82, 2.24) is 0 Å². The number of guanidine groups is 2. The molecule has 5 N–H and O–H groups in total. The van der Waals surface area contributed by atoms with Gasteiger partial charge < -0.3 is 25.8 Å². The molecule has 0 saturated carbocycles. The molecule has 0 aliphatic carbocycles. The van der Waals surface area contributed by atoms with E-state index < -0.39 is 0 Å². The van der Waals surface area contributed by atoms with Gasteiger partial charge in [0.15, 0.2) is 17.5 Å². The predicted molar refractivity (Wildman–Crippen MR) is 98.5 cm³/mol. The highest BCUT2D eigenvalue weighted by atomic mass is 16.6. The summed E-state index contributed by atoms with van der Waals surface area (Å²) in [6.07, 6.45) is 0.748. The SMILES string of the molecule is N=C(N=C(N)N)N(CCc1ccccc1)c1ccc2c(c1)OCCO2. The molecule has 0 atom stereocenters. The molecule has 1 aliphatic heterocycles. The van der Waals surface area contributed by atoms with Crippen molar-refractivity contribution < 1.29 is 9.47 Å². The number of aliphatic imine (C=N–C) groups is 1. The molecule has 2 aromatic carbocycles. The van der Waals surface area contributed by atoms with E-state index in [0.717, 1.165) is 12.1 Å². The van der Waals surface area contributed by atoms with Crippen LogP contribution in [-0.4, -0.2) is 31.7 Å². The second kappa shape index (κ2) is 7.57. The average molecular weight is 339 g/mol. The van der Waals surface area contributed by atoms with Gasteiger partial charge in [-0.1, -0.05) is 30.3 Å². The zero-order chi connectivity index (χ0) is 17.6. The Hall–Kier alpha value is -3.22. The second-order valence-electron chi connectivity index (χ2n) is 5.58. The molecule has 0 saturated heterocycles. The van der Waals surface area contributed by atoms with Crippen molar-refractivity contribution >= 4 is 17.6 Å². The lowest BCUT2D eigenvalue weighted by Gasteiger charge is -2.25. The Bertz CT molecular complexity index is 772. The minimum Gasteiger partial charge on any atom is -0.486 e. The molecule has 7 heteroatoms. The quantitative estimate of drug-likeness (QED) is 0.580. The molecule has 25 heavy (non-hydrogen) atoms. The van der Waals surface area contributed by atoms with E-state index in [-0.39, 0.29) is 11.9 Å². The van der Waals surface area contributed by atoms with Crippen LogP contribution in [0.2, 0.25) is 0 Å². The number of nitrogens with two attached hydrogens (primary N) is 2. The highest BCUT2D eigenvalue weighted by Crippen LogP contribution is 2.34. The van der Waals surface area contributed by atoms with Crippen LogP contribution in [0.5, 0.6) is 11.5 Å². The Morgan fingerprint density at radius 3 is 2.48 bits per heavy atom. The van der Waals surface area contributed by atoms with Crippen molar-refractivity contribution in [2.75, 3.05) is 24.7 Å². The molecule has 0 unspecified atom stereocenters. The molecule has 0 fully saturated rings. The number of rotatable bonds is 4. The Labute approximate surface area is 146 Å². The zero-order valence-electron chi connectivity index (χ0n) is 13.8. The molecule has 2 aromatic rings. The Balaban J connectivity index is 1.85. The summed E-state index contributed by atoms with van der Waals surface area (Å²) >= 11 is 0. The summed E-state index contributed by atoms with van der Waals surface area (Å²) in [7, 11) is 0. The van der Waals surface area contributed by atoms with Gasteiger partial charge in [-0.25, -0.2) is 0 Å². The van der Waals surface area contributed by atoms with Gasteiger partial charge in [-0.15, -0.1) is 0 Å². The van der Waals surface area contributed by atoms with Crippen molar-refractivity contribution in [3.63, 3.8) is 0 Å². The maximum absolute atomic E-state index is 8.23. The lowest BCUT2D eigenvalue weighted by Crippen LogP contribution is -2.34. The fourth-order valence-electron chi connectivity index (χ4n) is 2.63. The third-order valence-electron chi connectivity index (χ3n) is 3.80. The summed E-state index contributed by atoms with van der Waals surface area (Å²) < 4.78 is 11.2. The first-order valence-corrected chi connectivity index (χ1v) is 8.03. The molecule has 130 valence electrons. The standard InChI is InChI=1S/C18H21N5O2/c19-17(20)22-18(21)23(9-8-13-4-2-1-3-5-13)14-6-7-15-16(12-14)25-11-10-24-15/h1-7,12H,8-11H2,(H5,19,20,21,22). The summed E-state index contributed by atoms with van der Waals surface area (Å²) in [6, 6.07) is 15.6. The van der Waals surface area contributed by atoms with Crippen molar-refractivity contribution in [3.05, 3.63) is 54.1 Å². The lowest BCUT2D eigenvalue weighted by molar-refractivity contribution is 0.171. The zero-order valence-corrected chi connectivity index (χ0v) is 13.8. The third-order valence-corrected chi connectivity index (χ3v) is 3.80. The van der Waals surface area contributed by atoms with Gasteiger partial charge in [-0.2, -0.15) is 4.99 Å². The molecule has 3 rings (SSSR count). The van der Waals surface area contributed by atoms with Gasteiger partial charge in [-0.3, -0.25) is 5.41 Å². The Kier molecular flexibility index (Phi) is 5.03. The molecular formula is C18H21N5O2. The van der Waals surface area contributed by atoms with Gasteiger partial charge in [-0.05, 0) is 24.1 Å². The summed E-state index contributed by atoms with van der Waals surface area (Å²) in [5, 5.41) is 8.23. The maximum atomic E-state index is 8.23. The van der Waals surface area contributed by atoms with Crippen LogP contribution in [0.15, 0.2) is 53.5 Å². The van der Waals surface area contributed by atoms with E-state index in [1.54, 1.807) is 4.90 Å². The van der Waals surface area contributed by atoms with Crippen LogP contribution in [0.3, 0.4) is 0 Å². The van der Waals surface area contributed by atoms with Crippen LogP contribution < -0.4 is 25.8 Å². The first-order valence-electron chi connectivity index (χ1n) is 8.03. The van der Waals surface area contributed by atoms with E-state index in [2.05, 4.69) is 4.99 Å². The molecule has 1 aliphatic rings. The fraction of sp³-hybridized carbons (Fsp3) is 0.222. The predicted octanol–water partition coefficient (Wildman–Crippen LogP) is 1.72. The number of hydrogen-bond donors (Lipinski definition) is 3. The summed E-state index contributed by atoms with van der Waals surface area (Å²) in [4.78, 5) is 5.63. The van der Waals surface area contributed by atoms with E-state index in [9.17, 15) is 0 Å². The molecule has 0 spiro atoms. The van der Waals surface area contributed by atoms with Gasteiger partial charge >= 0.3 is 0 Å². The minimum atomic E-state index is -0.146. The topological polar surface area (TPSA) is 110 Å². The Morgan fingerprint density at radius 2 is 1.76 bits per heavy atom. The smallest absolute Gasteiger partial charge is 0.225 e. The van der Waals surface area contributed by atoms with Crippen molar-refractivity contribution in [2.45, 2.75) is 6.42 Å². The van der Waals surface area contributed by atoms with Crippen LogP contribution in [0.1, 0.15) is 5.56 Å². The molecular weight excluding hydrogens is 318 g/mol. The minimum absolute atomic E-state index is 0.0207. The molecule has 0 amide bonds. The van der Waals surface area contributed by atoms with Gasteiger partial charge in [0.1, 0.15) is 13.2 Å². The van der Waals surface area contributed by atoms with Crippen molar-refractivity contribution in [3.8, 4) is 11.5 Å². The van der Waals surface area contributed by atoms with E-state index in [0.29, 0.717) is 31.3 Å². The van der Waals surface area contributed by atoms with Gasteiger partial charge in [0.25, 0.3) is 0 Å². The maximum Gasteiger partial charge on any atom is 0.225 e. The number of anilines is 1. The molecule has 1 heterocycles. The number of benzene rings is 2. The van der Waals surface area contributed by atoms with Gasteiger partial charge in [0.05, 0.1) is 0 Å². The first-order chi connectivity index (χ1) is 12.1. The van der Waals surface area contributed by atoms with Crippen LogP contribution in [0, 0.1) is 5.41 Å². The molecule has 0 bridgehead atoms. The van der Waals surface area contributed by atoms with Gasteiger partial charge in [0, 0.05) is 18.3 Å². The van der Waals surface area contributed by atoms with Crippen LogP contribution >= 0.6 is 0 Å². The largest absolute Gasteiger partial charge is 0.486 e. The van der Waals surface area contributed by atoms with Crippen LogP contribution in [0.25, 0.3) is 0 Å². The molecule has 0 radical (unpaired) electrons. The van der Waals surface area contributed by atoms with Gasteiger partial charge in [0.2, 0.25) is 5.96 Å². The number of ether oxygens (including phenoxy) is 2. The van der Waals surface area contributed by atoms with E-state index in [1.807, 2.05) is 48.5 Å². The lowest BCUT2D eigenvalue weighted by atomic mass is 10.1. The number of fused-ring (bicyclic) bond motifs is 1. The number of hydrogen-bond acceptors (Lipinski definition) is 3. The number of nitrogens with zero attached hydrogens (tertiary/aromatic N) is 2. The highest BCUT2D eigenvalue weighted by molar-refractivity contribution is 6.01. The van der Waals surface area contributed by atoms with Crippen molar-refractivity contribution in [2.24, 2.45) is 16.5 Å². The fourth-order valence-corrected chi connectivity index (χ4v) is 2.63. The van der Waals surface area contributed by atoms with Crippen LogP contribution in [0.4, 0.5) is 5.69 Å².